The Bertz CT molecular complexity index is 1170. The standard InChI is InChI=1S/C25H27N3O2S/c1-17-6-5-9-20(12-17)26-25-28(14-18-7-3-2-4-8-18)22(16-31-25)19-10-11-23-21(13-19)27-24(29)15-30-23/h5-6,9-13,16,18H,2-4,7-8,14-15H2,1H3,(H,27,29). The summed E-state index contributed by atoms with van der Waals surface area (Å²) in [5, 5.41) is 5.12. The minimum absolute atomic E-state index is 0.0754. The van der Waals surface area contributed by atoms with E-state index in [2.05, 4.69) is 52.5 Å². The average Bonchev–Trinajstić information content (AvgIpc) is 3.16. The lowest BCUT2D eigenvalue weighted by molar-refractivity contribution is -0.118. The largest absolute Gasteiger partial charge is 0.482 e. The normalized spacial score (nSPS) is 17.2. The van der Waals surface area contributed by atoms with Crippen LogP contribution in [0.15, 0.2) is 52.8 Å². The molecule has 160 valence electrons. The zero-order chi connectivity index (χ0) is 21.2. The summed E-state index contributed by atoms with van der Waals surface area (Å²) in [5.74, 6) is 1.29. The second-order valence-corrected chi connectivity index (χ2v) is 9.35. The first-order valence-corrected chi connectivity index (χ1v) is 11.9. The van der Waals surface area contributed by atoms with Crippen LogP contribution in [0.2, 0.25) is 0 Å². The summed E-state index contributed by atoms with van der Waals surface area (Å²) >= 11 is 1.68. The number of benzene rings is 2. The Morgan fingerprint density at radius 2 is 2.03 bits per heavy atom. The van der Waals surface area contributed by atoms with Crippen LogP contribution >= 0.6 is 11.3 Å². The van der Waals surface area contributed by atoms with Crippen LogP contribution in [-0.4, -0.2) is 17.1 Å². The van der Waals surface area contributed by atoms with Crippen molar-refractivity contribution in [1.29, 1.82) is 0 Å². The van der Waals surface area contributed by atoms with Gasteiger partial charge in [-0.25, -0.2) is 4.99 Å². The molecule has 2 aliphatic rings. The number of nitrogens with zero attached hydrogens (tertiary/aromatic N) is 2. The lowest BCUT2D eigenvalue weighted by Crippen LogP contribution is -2.25. The summed E-state index contributed by atoms with van der Waals surface area (Å²) in [7, 11) is 0. The number of carbonyl (C=O) groups is 1. The van der Waals surface area contributed by atoms with Gasteiger partial charge in [0.2, 0.25) is 0 Å². The molecule has 3 aromatic rings. The van der Waals surface area contributed by atoms with Gasteiger partial charge < -0.3 is 14.6 Å². The van der Waals surface area contributed by atoms with Crippen molar-refractivity contribution in [3.63, 3.8) is 0 Å². The first-order chi connectivity index (χ1) is 15.2. The van der Waals surface area contributed by atoms with Crippen molar-refractivity contribution in [1.82, 2.24) is 4.57 Å². The maximum absolute atomic E-state index is 11.8. The van der Waals surface area contributed by atoms with E-state index >= 15 is 0 Å². The van der Waals surface area contributed by atoms with Gasteiger partial charge in [0, 0.05) is 17.5 Å². The van der Waals surface area contributed by atoms with Gasteiger partial charge in [0.1, 0.15) is 5.75 Å². The first-order valence-electron chi connectivity index (χ1n) is 11.0. The average molecular weight is 434 g/mol. The van der Waals surface area contributed by atoms with Crippen molar-refractivity contribution in [2.24, 2.45) is 10.9 Å². The molecule has 2 aromatic carbocycles. The quantitative estimate of drug-likeness (QED) is 0.576. The Balaban J connectivity index is 1.57. The summed E-state index contributed by atoms with van der Waals surface area (Å²) in [4.78, 5) is 17.8. The molecule has 0 radical (unpaired) electrons. The molecule has 0 unspecified atom stereocenters. The molecule has 0 saturated heterocycles. The fourth-order valence-electron chi connectivity index (χ4n) is 4.50. The van der Waals surface area contributed by atoms with Crippen LogP contribution in [-0.2, 0) is 11.3 Å². The number of aryl methyl sites for hydroxylation is 1. The predicted octanol–water partition coefficient (Wildman–Crippen LogP) is 5.67. The van der Waals surface area contributed by atoms with Gasteiger partial charge in [-0.2, -0.15) is 0 Å². The monoisotopic (exact) mass is 433 g/mol. The molecule has 1 aliphatic carbocycles. The summed E-state index contributed by atoms with van der Waals surface area (Å²) in [6.07, 6.45) is 6.54. The Labute approximate surface area is 186 Å². The molecule has 0 atom stereocenters. The van der Waals surface area contributed by atoms with Crippen molar-refractivity contribution in [3.8, 4) is 17.0 Å². The maximum atomic E-state index is 11.8. The molecule has 1 aliphatic heterocycles. The maximum Gasteiger partial charge on any atom is 0.262 e. The number of hydrogen-bond acceptors (Lipinski definition) is 4. The van der Waals surface area contributed by atoms with Gasteiger partial charge in [-0.05, 0) is 61.6 Å². The molecule has 0 bridgehead atoms. The summed E-state index contributed by atoms with van der Waals surface area (Å²) in [6, 6.07) is 14.4. The third kappa shape index (κ3) is 4.44. The van der Waals surface area contributed by atoms with Crippen molar-refractivity contribution in [2.45, 2.75) is 45.6 Å². The highest BCUT2D eigenvalue weighted by Crippen LogP contribution is 2.34. The lowest BCUT2D eigenvalue weighted by atomic mass is 9.89. The second-order valence-electron chi connectivity index (χ2n) is 8.52. The van der Waals surface area contributed by atoms with E-state index in [4.69, 9.17) is 9.73 Å². The fourth-order valence-corrected chi connectivity index (χ4v) is 5.44. The number of anilines is 1. The molecule has 1 fully saturated rings. The van der Waals surface area contributed by atoms with E-state index in [1.54, 1.807) is 11.3 Å². The number of carbonyl (C=O) groups excluding carboxylic acids is 1. The van der Waals surface area contributed by atoms with E-state index in [9.17, 15) is 4.79 Å². The van der Waals surface area contributed by atoms with Crippen molar-refractivity contribution in [2.75, 3.05) is 11.9 Å². The molecular weight excluding hydrogens is 406 g/mol. The topological polar surface area (TPSA) is 55.6 Å². The lowest BCUT2D eigenvalue weighted by Gasteiger charge is -2.23. The molecule has 1 aromatic heterocycles. The highest BCUT2D eigenvalue weighted by Gasteiger charge is 2.20. The third-order valence-corrected chi connectivity index (χ3v) is 6.96. The zero-order valence-electron chi connectivity index (χ0n) is 17.8. The van der Waals surface area contributed by atoms with Crippen molar-refractivity contribution >= 4 is 28.6 Å². The molecule has 6 heteroatoms. The highest BCUT2D eigenvalue weighted by molar-refractivity contribution is 7.07. The molecular formula is C25H27N3O2S. The van der Waals surface area contributed by atoms with Gasteiger partial charge in [-0.3, -0.25) is 4.79 Å². The minimum Gasteiger partial charge on any atom is -0.482 e. The second kappa shape index (κ2) is 8.71. The minimum atomic E-state index is -0.111. The van der Waals surface area contributed by atoms with Gasteiger partial charge in [-0.1, -0.05) is 31.4 Å². The van der Waals surface area contributed by atoms with Crippen LogP contribution in [0, 0.1) is 12.8 Å². The van der Waals surface area contributed by atoms with E-state index in [0.717, 1.165) is 39.7 Å². The smallest absolute Gasteiger partial charge is 0.262 e. The van der Waals surface area contributed by atoms with E-state index in [-0.39, 0.29) is 12.5 Å². The number of nitrogens with one attached hydrogen (secondary N) is 1. The number of rotatable bonds is 4. The summed E-state index contributed by atoms with van der Waals surface area (Å²) in [5.41, 5.74) is 5.15. The van der Waals surface area contributed by atoms with Crippen LogP contribution in [0.3, 0.4) is 0 Å². The Morgan fingerprint density at radius 1 is 1.16 bits per heavy atom. The van der Waals surface area contributed by atoms with Gasteiger partial charge in [-0.15, -0.1) is 11.3 Å². The van der Waals surface area contributed by atoms with Crippen LogP contribution in [0.4, 0.5) is 11.4 Å². The van der Waals surface area contributed by atoms with Crippen LogP contribution in [0.1, 0.15) is 37.7 Å². The Morgan fingerprint density at radius 3 is 2.87 bits per heavy atom. The zero-order valence-corrected chi connectivity index (χ0v) is 18.6. The van der Waals surface area contributed by atoms with Crippen LogP contribution < -0.4 is 14.9 Å². The number of thiazole rings is 1. The molecule has 31 heavy (non-hydrogen) atoms. The van der Waals surface area contributed by atoms with E-state index in [0.29, 0.717) is 5.92 Å². The van der Waals surface area contributed by atoms with Gasteiger partial charge in [0.05, 0.1) is 17.1 Å². The fraction of sp³-hybridized carbons (Fsp3) is 0.360. The van der Waals surface area contributed by atoms with Gasteiger partial charge in [0.15, 0.2) is 11.4 Å². The summed E-state index contributed by atoms with van der Waals surface area (Å²) < 4.78 is 7.91. The number of hydrogen-bond donors (Lipinski definition) is 1. The van der Waals surface area contributed by atoms with Gasteiger partial charge >= 0.3 is 0 Å². The summed E-state index contributed by atoms with van der Waals surface area (Å²) in [6.45, 7) is 3.15. The third-order valence-electron chi connectivity index (χ3n) is 6.10. The predicted molar refractivity (Wildman–Crippen MR) is 125 cm³/mol. The van der Waals surface area contributed by atoms with E-state index in [1.165, 1.54) is 37.7 Å². The van der Waals surface area contributed by atoms with Crippen LogP contribution in [0.25, 0.3) is 11.3 Å². The number of ether oxygens (including phenoxy) is 1. The van der Waals surface area contributed by atoms with Crippen molar-refractivity contribution < 1.29 is 9.53 Å². The Hall–Kier alpha value is -2.86. The molecule has 5 rings (SSSR count). The number of aromatic nitrogens is 1. The first kappa shape index (κ1) is 20.1. The van der Waals surface area contributed by atoms with Gasteiger partial charge in [0.25, 0.3) is 5.91 Å². The SMILES string of the molecule is Cc1cccc(N=c2scc(-c3ccc4c(c3)NC(=O)CO4)n2CC2CCCCC2)c1. The molecule has 1 N–H and O–H groups in total. The van der Waals surface area contributed by atoms with E-state index in [1.807, 2.05) is 12.1 Å². The Kier molecular flexibility index (Phi) is 5.64. The highest BCUT2D eigenvalue weighted by atomic mass is 32.1. The molecule has 2 heterocycles. The van der Waals surface area contributed by atoms with Crippen LogP contribution in [0.5, 0.6) is 5.75 Å². The number of amides is 1. The molecule has 1 saturated carbocycles. The van der Waals surface area contributed by atoms with Crippen molar-refractivity contribution in [3.05, 3.63) is 58.2 Å². The molecule has 5 nitrogen and oxygen atoms in total. The molecule has 0 spiro atoms. The molecule has 1 amide bonds. The van der Waals surface area contributed by atoms with E-state index < -0.39 is 0 Å². The number of fused-ring (bicyclic) bond motifs is 1.